The van der Waals surface area contributed by atoms with Crippen LogP contribution in [0.2, 0.25) is 0 Å². The number of urea groups is 1. The molecule has 3 rings (SSSR count). The van der Waals surface area contributed by atoms with Gasteiger partial charge in [-0.05, 0) is 37.1 Å². The SMILES string of the molecule is CCC1(CC)NC(=O)N(CC(=O)OCc2csc(COc3ccc(F)cc3)n2)C1=O. The zero-order valence-corrected chi connectivity index (χ0v) is 17.5. The minimum atomic E-state index is -0.953. The number of benzene rings is 1. The Bertz CT molecular complexity index is 927. The van der Waals surface area contributed by atoms with Crippen molar-refractivity contribution in [2.24, 2.45) is 0 Å². The van der Waals surface area contributed by atoms with Gasteiger partial charge >= 0.3 is 12.0 Å². The van der Waals surface area contributed by atoms with Crippen molar-refractivity contribution in [1.82, 2.24) is 15.2 Å². The third kappa shape index (κ3) is 4.76. The molecule has 1 N–H and O–H groups in total. The lowest BCUT2D eigenvalue weighted by Gasteiger charge is -2.22. The Kier molecular flexibility index (Phi) is 6.66. The van der Waals surface area contributed by atoms with Gasteiger partial charge in [-0.25, -0.2) is 14.2 Å². The largest absolute Gasteiger partial charge is 0.486 e. The molecule has 1 aliphatic heterocycles. The molecule has 0 aliphatic carbocycles. The van der Waals surface area contributed by atoms with E-state index in [0.29, 0.717) is 29.3 Å². The van der Waals surface area contributed by atoms with E-state index in [2.05, 4.69) is 10.3 Å². The first-order valence-electron chi connectivity index (χ1n) is 9.48. The highest BCUT2D eigenvalue weighted by molar-refractivity contribution is 7.09. The van der Waals surface area contributed by atoms with Crippen molar-refractivity contribution in [3.05, 3.63) is 46.2 Å². The van der Waals surface area contributed by atoms with Crippen LogP contribution in [0.4, 0.5) is 9.18 Å². The van der Waals surface area contributed by atoms with Gasteiger partial charge < -0.3 is 14.8 Å². The van der Waals surface area contributed by atoms with Crippen LogP contribution in [0, 0.1) is 5.82 Å². The van der Waals surface area contributed by atoms with Crippen molar-refractivity contribution in [3.8, 4) is 5.75 Å². The van der Waals surface area contributed by atoms with Gasteiger partial charge in [-0.3, -0.25) is 14.5 Å². The molecule has 3 amide bonds. The Hall–Kier alpha value is -3.01. The summed E-state index contributed by atoms with van der Waals surface area (Å²) in [6.45, 7) is 3.29. The molecule has 0 spiro atoms. The maximum atomic E-state index is 12.9. The van der Waals surface area contributed by atoms with E-state index in [-0.39, 0.29) is 19.0 Å². The lowest BCUT2D eigenvalue weighted by Crippen LogP contribution is -2.46. The van der Waals surface area contributed by atoms with Crippen molar-refractivity contribution in [3.63, 3.8) is 0 Å². The molecule has 1 fully saturated rings. The van der Waals surface area contributed by atoms with E-state index in [1.165, 1.54) is 35.6 Å². The Labute approximate surface area is 177 Å². The maximum absolute atomic E-state index is 12.9. The Morgan fingerprint density at radius 1 is 1.20 bits per heavy atom. The third-order valence-electron chi connectivity index (χ3n) is 4.90. The van der Waals surface area contributed by atoms with Crippen LogP contribution in [-0.4, -0.2) is 39.9 Å². The van der Waals surface area contributed by atoms with Gasteiger partial charge in [0.15, 0.2) is 0 Å². The number of nitrogens with one attached hydrogen (secondary N) is 1. The van der Waals surface area contributed by atoms with Crippen molar-refractivity contribution >= 4 is 29.2 Å². The number of carbonyl (C=O) groups is 3. The number of thiazole rings is 1. The van der Waals surface area contributed by atoms with Crippen LogP contribution < -0.4 is 10.1 Å². The number of amides is 3. The van der Waals surface area contributed by atoms with E-state index in [1.54, 1.807) is 5.38 Å². The molecule has 0 saturated carbocycles. The second-order valence-electron chi connectivity index (χ2n) is 6.75. The van der Waals surface area contributed by atoms with Gasteiger partial charge in [-0.2, -0.15) is 0 Å². The van der Waals surface area contributed by atoms with Gasteiger partial charge in [0.05, 0.1) is 5.69 Å². The smallest absolute Gasteiger partial charge is 0.326 e. The molecule has 0 bridgehead atoms. The second kappa shape index (κ2) is 9.21. The summed E-state index contributed by atoms with van der Waals surface area (Å²) >= 11 is 1.33. The molecule has 0 atom stereocenters. The minimum absolute atomic E-state index is 0.0811. The fraction of sp³-hybridized carbons (Fsp3) is 0.400. The lowest BCUT2D eigenvalue weighted by molar-refractivity contribution is -0.149. The molecule has 2 heterocycles. The molecule has 30 heavy (non-hydrogen) atoms. The van der Waals surface area contributed by atoms with Crippen molar-refractivity contribution in [2.75, 3.05) is 6.54 Å². The van der Waals surface area contributed by atoms with Gasteiger partial charge in [0.25, 0.3) is 5.91 Å². The molecule has 1 aromatic carbocycles. The summed E-state index contributed by atoms with van der Waals surface area (Å²) < 4.78 is 23.6. The van der Waals surface area contributed by atoms with Crippen molar-refractivity contribution in [1.29, 1.82) is 0 Å². The molecular formula is C20H22FN3O5S. The fourth-order valence-corrected chi connectivity index (χ4v) is 3.73. The van der Waals surface area contributed by atoms with Gasteiger partial charge in [0.2, 0.25) is 0 Å². The highest BCUT2D eigenvalue weighted by Crippen LogP contribution is 2.24. The number of hydrogen-bond donors (Lipinski definition) is 1. The number of esters is 1. The molecular weight excluding hydrogens is 413 g/mol. The average molecular weight is 435 g/mol. The number of aromatic nitrogens is 1. The molecule has 8 nitrogen and oxygen atoms in total. The number of rotatable bonds is 9. The molecule has 2 aromatic rings. The van der Waals surface area contributed by atoms with E-state index in [9.17, 15) is 18.8 Å². The highest BCUT2D eigenvalue weighted by Gasteiger charge is 2.49. The number of ether oxygens (including phenoxy) is 2. The second-order valence-corrected chi connectivity index (χ2v) is 7.69. The molecule has 1 saturated heterocycles. The van der Waals surface area contributed by atoms with Gasteiger partial charge in [-0.1, -0.05) is 13.8 Å². The summed E-state index contributed by atoms with van der Waals surface area (Å²) in [6.07, 6.45) is 0.891. The zero-order chi connectivity index (χ0) is 21.7. The summed E-state index contributed by atoms with van der Waals surface area (Å²) in [5, 5.41) is 5.05. The fourth-order valence-electron chi connectivity index (χ4n) is 3.04. The molecule has 10 heteroatoms. The zero-order valence-electron chi connectivity index (χ0n) is 16.6. The maximum Gasteiger partial charge on any atom is 0.326 e. The molecule has 1 aliphatic rings. The number of nitrogens with zero attached hydrogens (tertiary/aromatic N) is 2. The predicted octanol–water partition coefficient (Wildman–Crippen LogP) is 3.02. The van der Waals surface area contributed by atoms with Gasteiger partial charge in [0, 0.05) is 5.38 Å². The monoisotopic (exact) mass is 435 g/mol. The van der Waals surface area contributed by atoms with E-state index < -0.39 is 30.0 Å². The van der Waals surface area contributed by atoms with Crippen LogP contribution in [0.25, 0.3) is 0 Å². The standard InChI is InChI=1S/C20H22FN3O5S/c1-3-20(4-2)18(26)24(19(27)23-20)9-17(25)29-10-14-12-30-16(22-14)11-28-15-7-5-13(21)6-8-15/h5-8,12H,3-4,9-11H2,1-2H3,(H,23,27). The first kappa shape index (κ1) is 21.7. The highest BCUT2D eigenvalue weighted by atomic mass is 32.1. The number of carbonyl (C=O) groups excluding carboxylic acids is 3. The van der Waals surface area contributed by atoms with Gasteiger partial charge in [0.1, 0.15) is 41.9 Å². The third-order valence-corrected chi connectivity index (χ3v) is 5.77. The van der Waals surface area contributed by atoms with E-state index in [4.69, 9.17) is 9.47 Å². The van der Waals surface area contributed by atoms with Crippen molar-refractivity contribution < 1.29 is 28.2 Å². The number of halogens is 1. The summed E-state index contributed by atoms with van der Waals surface area (Å²) in [6, 6.07) is 5.06. The van der Waals surface area contributed by atoms with E-state index in [0.717, 1.165) is 4.90 Å². The normalized spacial score (nSPS) is 15.2. The Balaban J connectivity index is 1.48. The van der Waals surface area contributed by atoms with Crippen LogP contribution in [-0.2, 0) is 27.5 Å². The lowest BCUT2D eigenvalue weighted by atomic mass is 9.93. The Morgan fingerprint density at radius 2 is 1.90 bits per heavy atom. The van der Waals surface area contributed by atoms with Crippen molar-refractivity contribution in [2.45, 2.75) is 45.4 Å². The summed E-state index contributed by atoms with van der Waals surface area (Å²) in [4.78, 5) is 41.9. The van der Waals surface area contributed by atoms with Crippen LogP contribution in [0.5, 0.6) is 5.75 Å². The molecule has 1 aromatic heterocycles. The summed E-state index contributed by atoms with van der Waals surface area (Å²) in [7, 11) is 0. The number of hydrogen-bond acceptors (Lipinski definition) is 7. The van der Waals surface area contributed by atoms with E-state index >= 15 is 0 Å². The summed E-state index contributed by atoms with van der Waals surface area (Å²) in [5.74, 6) is -0.936. The molecule has 160 valence electrons. The van der Waals surface area contributed by atoms with E-state index in [1.807, 2.05) is 13.8 Å². The quantitative estimate of drug-likeness (QED) is 0.480. The van der Waals surface area contributed by atoms with Crippen LogP contribution in [0.3, 0.4) is 0 Å². The Morgan fingerprint density at radius 3 is 2.53 bits per heavy atom. The molecule has 0 unspecified atom stereocenters. The minimum Gasteiger partial charge on any atom is -0.486 e. The van der Waals surface area contributed by atoms with Crippen LogP contribution >= 0.6 is 11.3 Å². The first-order chi connectivity index (χ1) is 14.4. The van der Waals surface area contributed by atoms with Crippen LogP contribution in [0.1, 0.15) is 37.4 Å². The van der Waals surface area contributed by atoms with Crippen LogP contribution in [0.15, 0.2) is 29.6 Å². The number of imide groups is 1. The topological polar surface area (TPSA) is 97.8 Å². The summed E-state index contributed by atoms with van der Waals surface area (Å²) in [5.41, 5.74) is -0.425. The average Bonchev–Trinajstić information content (AvgIpc) is 3.30. The molecule has 0 radical (unpaired) electrons. The van der Waals surface area contributed by atoms with Gasteiger partial charge in [-0.15, -0.1) is 11.3 Å². The predicted molar refractivity (Wildman–Crippen MR) is 106 cm³/mol. The first-order valence-corrected chi connectivity index (χ1v) is 10.4.